The Bertz CT molecular complexity index is 802. The number of carbonyl (C=O) groups is 1. The van der Waals surface area contributed by atoms with Crippen LogP contribution in [0.15, 0.2) is 59.5 Å². The SMILES string of the molecule is CCN(CC)c1ccc(NC(=O)CCNS(=O)(=O)c2ccccc2)cc1. The molecule has 0 aliphatic rings. The van der Waals surface area contributed by atoms with Gasteiger partial charge in [0.2, 0.25) is 15.9 Å². The molecule has 26 heavy (non-hydrogen) atoms. The molecular formula is C19H25N3O3S. The van der Waals surface area contributed by atoms with E-state index in [9.17, 15) is 13.2 Å². The molecule has 0 unspecified atom stereocenters. The number of sulfonamides is 1. The molecule has 0 fully saturated rings. The van der Waals surface area contributed by atoms with Crippen molar-refractivity contribution in [1.29, 1.82) is 0 Å². The summed E-state index contributed by atoms with van der Waals surface area (Å²) < 4.78 is 26.6. The second kappa shape index (κ2) is 9.35. The predicted octanol–water partition coefficient (Wildman–Crippen LogP) is 2.84. The van der Waals surface area contributed by atoms with Crippen molar-refractivity contribution in [1.82, 2.24) is 4.72 Å². The summed E-state index contributed by atoms with van der Waals surface area (Å²) in [6, 6.07) is 15.7. The van der Waals surface area contributed by atoms with Crippen LogP contribution in [-0.2, 0) is 14.8 Å². The van der Waals surface area contributed by atoms with Crippen LogP contribution in [-0.4, -0.2) is 34.0 Å². The lowest BCUT2D eigenvalue weighted by Gasteiger charge is -2.21. The zero-order chi connectivity index (χ0) is 19.0. The summed E-state index contributed by atoms with van der Waals surface area (Å²) in [5.41, 5.74) is 1.79. The highest BCUT2D eigenvalue weighted by atomic mass is 32.2. The number of rotatable bonds is 9. The number of carbonyl (C=O) groups excluding carboxylic acids is 1. The van der Waals surface area contributed by atoms with Gasteiger partial charge < -0.3 is 10.2 Å². The Hall–Kier alpha value is -2.38. The first-order chi connectivity index (χ1) is 12.5. The van der Waals surface area contributed by atoms with Crippen molar-refractivity contribution in [2.75, 3.05) is 29.9 Å². The van der Waals surface area contributed by atoms with E-state index in [1.807, 2.05) is 24.3 Å². The lowest BCUT2D eigenvalue weighted by molar-refractivity contribution is -0.116. The van der Waals surface area contributed by atoms with Crippen LogP contribution in [0.5, 0.6) is 0 Å². The second-order valence-corrected chi connectivity index (χ2v) is 7.50. The summed E-state index contributed by atoms with van der Waals surface area (Å²) in [5, 5.41) is 2.78. The monoisotopic (exact) mass is 375 g/mol. The number of amides is 1. The van der Waals surface area contributed by atoms with E-state index in [2.05, 4.69) is 28.8 Å². The molecule has 0 heterocycles. The third kappa shape index (κ3) is 5.57. The van der Waals surface area contributed by atoms with Gasteiger partial charge in [-0.15, -0.1) is 0 Å². The summed E-state index contributed by atoms with van der Waals surface area (Å²) in [5.74, 6) is -0.239. The molecule has 0 atom stereocenters. The number of hydrogen-bond donors (Lipinski definition) is 2. The smallest absolute Gasteiger partial charge is 0.240 e. The van der Waals surface area contributed by atoms with E-state index >= 15 is 0 Å². The predicted molar refractivity (Wildman–Crippen MR) is 105 cm³/mol. The minimum absolute atomic E-state index is 0.0423. The minimum Gasteiger partial charge on any atom is -0.372 e. The highest BCUT2D eigenvalue weighted by Crippen LogP contribution is 2.17. The fraction of sp³-hybridized carbons (Fsp3) is 0.316. The van der Waals surface area contributed by atoms with Gasteiger partial charge in [-0.05, 0) is 50.2 Å². The van der Waals surface area contributed by atoms with Crippen LogP contribution in [0.1, 0.15) is 20.3 Å². The summed E-state index contributed by atoms with van der Waals surface area (Å²) in [4.78, 5) is 14.4. The topological polar surface area (TPSA) is 78.5 Å². The lowest BCUT2D eigenvalue weighted by atomic mass is 10.2. The molecule has 0 bridgehead atoms. The van der Waals surface area contributed by atoms with Crippen LogP contribution in [0.2, 0.25) is 0 Å². The Labute approximate surface area is 155 Å². The van der Waals surface area contributed by atoms with Gasteiger partial charge in [-0.25, -0.2) is 13.1 Å². The first kappa shape index (κ1) is 19.9. The molecule has 0 saturated heterocycles. The first-order valence-electron chi connectivity index (χ1n) is 8.66. The summed E-state index contributed by atoms with van der Waals surface area (Å²) in [6.07, 6.45) is 0.0594. The molecule has 7 heteroatoms. The Morgan fingerprint density at radius 3 is 2.15 bits per heavy atom. The summed E-state index contributed by atoms with van der Waals surface area (Å²) >= 11 is 0. The van der Waals surface area contributed by atoms with Gasteiger partial charge in [0.25, 0.3) is 0 Å². The van der Waals surface area contributed by atoms with E-state index in [-0.39, 0.29) is 23.8 Å². The van der Waals surface area contributed by atoms with Crippen LogP contribution >= 0.6 is 0 Å². The van der Waals surface area contributed by atoms with Crippen molar-refractivity contribution in [3.63, 3.8) is 0 Å². The van der Waals surface area contributed by atoms with Crippen LogP contribution in [0.3, 0.4) is 0 Å². The van der Waals surface area contributed by atoms with Crippen LogP contribution < -0.4 is 14.9 Å². The zero-order valence-electron chi connectivity index (χ0n) is 15.1. The van der Waals surface area contributed by atoms with E-state index in [0.29, 0.717) is 5.69 Å². The van der Waals surface area contributed by atoms with Gasteiger partial charge in [-0.3, -0.25) is 4.79 Å². The van der Waals surface area contributed by atoms with Crippen molar-refractivity contribution < 1.29 is 13.2 Å². The fourth-order valence-electron chi connectivity index (χ4n) is 2.55. The van der Waals surface area contributed by atoms with Crippen molar-refractivity contribution in [2.24, 2.45) is 0 Å². The molecule has 0 saturated carbocycles. The molecule has 2 aromatic carbocycles. The molecular weight excluding hydrogens is 350 g/mol. The third-order valence-electron chi connectivity index (χ3n) is 3.98. The first-order valence-corrected chi connectivity index (χ1v) is 10.1. The van der Waals surface area contributed by atoms with Crippen molar-refractivity contribution in [3.05, 3.63) is 54.6 Å². The molecule has 2 rings (SSSR count). The van der Waals surface area contributed by atoms with Crippen LogP contribution in [0.25, 0.3) is 0 Å². The molecule has 0 spiro atoms. The molecule has 2 aromatic rings. The molecule has 0 radical (unpaired) electrons. The van der Waals surface area contributed by atoms with Gasteiger partial charge in [-0.2, -0.15) is 0 Å². The van der Waals surface area contributed by atoms with E-state index < -0.39 is 10.0 Å². The minimum atomic E-state index is -3.59. The normalized spacial score (nSPS) is 11.2. The van der Waals surface area contributed by atoms with Crippen molar-refractivity contribution in [2.45, 2.75) is 25.2 Å². The number of nitrogens with zero attached hydrogens (tertiary/aromatic N) is 1. The quantitative estimate of drug-likeness (QED) is 0.706. The maximum Gasteiger partial charge on any atom is 0.240 e. The second-order valence-electron chi connectivity index (χ2n) is 5.73. The van der Waals surface area contributed by atoms with Crippen molar-refractivity contribution >= 4 is 27.3 Å². The average Bonchev–Trinajstić information content (AvgIpc) is 2.64. The van der Waals surface area contributed by atoms with Crippen LogP contribution in [0, 0.1) is 0 Å². The standard InChI is InChI=1S/C19H25N3O3S/c1-3-22(4-2)17-12-10-16(11-13-17)21-19(23)14-15-20-26(24,25)18-8-6-5-7-9-18/h5-13,20H,3-4,14-15H2,1-2H3,(H,21,23). The summed E-state index contributed by atoms with van der Waals surface area (Å²) in [6.45, 7) is 6.07. The van der Waals surface area contributed by atoms with E-state index in [4.69, 9.17) is 0 Å². The van der Waals surface area contributed by atoms with Gasteiger partial charge in [0.1, 0.15) is 0 Å². The van der Waals surface area contributed by atoms with Gasteiger partial charge in [-0.1, -0.05) is 18.2 Å². The average molecular weight is 375 g/mol. The van der Waals surface area contributed by atoms with Gasteiger partial charge in [0, 0.05) is 37.4 Å². The molecule has 0 aromatic heterocycles. The number of hydrogen-bond acceptors (Lipinski definition) is 4. The fourth-order valence-corrected chi connectivity index (χ4v) is 3.60. The zero-order valence-corrected chi connectivity index (χ0v) is 15.9. The van der Waals surface area contributed by atoms with Gasteiger partial charge in [0.05, 0.1) is 4.90 Å². The maximum absolute atomic E-state index is 12.1. The van der Waals surface area contributed by atoms with Crippen molar-refractivity contribution in [3.8, 4) is 0 Å². The molecule has 0 aliphatic heterocycles. The highest BCUT2D eigenvalue weighted by Gasteiger charge is 2.13. The highest BCUT2D eigenvalue weighted by molar-refractivity contribution is 7.89. The number of nitrogens with one attached hydrogen (secondary N) is 2. The largest absolute Gasteiger partial charge is 0.372 e. The van der Waals surface area contributed by atoms with E-state index in [1.165, 1.54) is 12.1 Å². The molecule has 1 amide bonds. The number of anilines is 2. The van der Waals surface area contributed by atoms with Crippen LogP contribution in [0.4, 0.5) is 11.4 Å². The maximum atomic E-state index is 12.1. The van der Waals surface area contributed by atoms with E-state index in [0.717, 1.165) is 18.8 Å². The molecule has 140 valence electrons. The Balaban J connectivity index is 1.84. The molecule has 0 aliphatic carbocycles. The van der Waals surface area contributed by atoms with Gasteiger partial charge in [0.15, 0.2) is 0 Å². The lowest BCUT2D eigenvalue weighted by Crippen LogP contribution is -2.27. The Morgan fingerprint density at radius 1 is 0.962 bits per heavy atom. The third-order valence-corrected chi connectivity index (χ3v) is 5.45. The summed E-state index contributed by atoms with van der Waals surface area (Å²) in [7, 11) is -3.59. The molecule has 2 N–H and O–H groups in total. The number of benzene rings is 2. The molecule has 6 nitrogen and oxygen atoms in total. The Kier molecular flexibility index (Phi) is 7.17. The van der Waals surface area contributed by atoms with Gasteiger partial charge >= 0.3 is 0 Å². The van der Waals surface area contributed by atoms with E-state index in [1.54, 1.807) is 18.2 Å². The Morgan fingerprint density at radius 2 is 1.58 bits per heavy atom.